The lowest BCUT2D eigenvalue weighted by molar-refractivity contribution is -0.210. The van der Waals surface area contributed by atoms with Crippen LogP contribution in [0.15, 0.2) is 23.0 Å². The van der Waals surface area contributed by atoms with Crippen LogP contribution in [-0.2, 0) is 0 Å². The molecule has 3 N–H and O–H groups in total. The van der Waals surface area contributed by atoms with Crippen LogP contribution in [0.4, 0.5) is 18.0 Å². The van der Waals surface area contributed by atoms with Crippen LogP contribution < -0.4 is 10.6 Å². The van der Waals surface area contributed by atoms with Gasteiger partial charge in [-0.2, -0.15) is 13.2 Å². The third kappa shape index (κ3) is 2.65. The minimum absolute atomic E-state index is 0.205. The van der Waals surface area contributed by atoms with Crippen LogP contribution in [0.2, 0.25) is 0 Å². The molecule has 1 aliphatic heterocycles. The summed E-state index contributed by atoms with van der Waals surface area (Å²) in [5.41, 5.74) is -4.48. The van der Waals surface area contributed by atoms with Gasteiger partial charge in [0.25, 0.3) is 0 Å². The van der Waals surface area contributed by atoms with E-state index in [9.17, 15) is 18.0 Å². The summed E-state index contributed by atoms with van der Waals surface area (Å²) >= 11 is 5.65. The van der Waals surface area contributed by atoms with Gasteiger partial charge in [0.2, 0.25) is 0 Å². The molecule has 0 aromatic carbocycles. The summed E-state index contributed by atoms with van der Waals surface area (Å²) in [5, 5.41) is 12.5. The van der Waals surface area contributed by atoms with E-state index in [1.54, 1.807) is 5.32 Å². The van der Waals surface area contributed by atoms with E-state index in [0.717, 1.165) is 6.08 Å². The van der Waals surface area contributed by atoms with Crippen molar-refractivity contribution >= 4 is 17.7 Å². The Labute approximate surface area is 113 Å². The van der Waals surface area contributed by atoms with Gasteiger partial charge in [-0.3, -0.25) is 5.32 Å². The average molecular weight is 299 g/mol. The quantitative estimate of drug-likeness (QED) is 0.652. The molecule has 0 radical (unpaired) electrons. The highest BCUT2D eigenvalue weighted by molar-refractivity contribution is 6.29. The highest BCUT2D eigenvalue weighted by Gasteiger charge is 2.65. The lowest BCUT2D eigenvalue weighted by atomic mass is 9.69. The van der Waals surface area contributed by atoms with Gasteiger partial charge < -0.3 is 10.4 Å². The van der Waals surface area contributed by atoms with Crippen LogP contribution in [0.5, 0.6) is 0 Å². The molecule has 19 heavy (non-hydrogen) atoms. The highest BCUT2D eigenvalue weighted by Crippen LogP contribution is 2.49. The first-order valence-corrected chi connectivity index (χ1v) is 5.72. The van der Waals surface area contributed by atoms with Crippen molar-refractivity contribution in [3.63, 3.8) is 0 Å². The van der Waals surface area contributed by atoms with Crippen molar-refractivity contribution in [1.82, 2.24) is 10.6 Å². The summed E-state index contributed by atoms with van der Waals surface area (Å²) in [6, 6.07) is 0. The number of allylic oxidation sites excluding steroid dienone is 2. The zero-order valence-corrected chi connectivity index (χ0v) is 11.3. The Kier molecular flexibility index (Phi) is 3.82. The molecule has 1 atom stereocenters. The van der Waals surface area contributed by atoms with Crippen molar-refractivity contribution in [2.45, 2.75) is 32.5 Å². The normalized spacial score (nSPS) is 24.2. The highest BCUT2D eigenvalue weighted by atomic mass is 35.5. The summed E-state index contributed by atoms with van der Waals surface area (Å²) in [4.78, 5) is 10.7. The molecule has 108 valence electrons. The molecule has 1 amide bonds. The largest absolute Gasteiger partial charge is 0.465 e. The van der Waals surface area contributed by atoms with E-state index in [-0.39, 0.29) is 5.16 Å². The molecule has 4 nitrogen and oxygen atoms in total. The zero-order chi connectivity index (χ0) is 15.1. The van der Waals surface area contributed by atoms with Crippen molar-refractivity contribution in [2.75, 3.05) is 0 Å². The fourth-order valence-corrected chi connectivity index (χ4v) is 2.27. The smallest absolute Gasteiger partial charge is 0.417 e. The molecular formula is C11H14ClF3N2O2. The van der Waals surface area contributed by atoms with Gasteiger partial charge >= 0.3 is 12.3 Å². The lowest BCUT2D eigenvalue weighted by Crippen LogP contribution is -2.68. The molecule has 0 aromatic rings. The van der Waals surface area contributed by atoms with Gasteiger partial charge in [0.05, 0.1) is 5.70 Å². The predicted octanol–water partition coefficient (Wildman–Crippen LogP) is 3.17. The first kappa shape index (κ1) is 15.7. The van der Waals surface area contributed by atoms with Crippen LogP contribution in [0.25, 0.3) is 0 Å². The molecule has 1 unspecified atom stereocenters. The van der Waals surface area contributed by atoms with Gasteiger partial charge in [0.15, 0.2) is 5.54 Å². The first-order chi connectivity index (χ1) is 8.42. The van der Waals surface area contributed by atoms with Gasteiger partial charge in [-0.15, -0.1) is 0 Å². The number of carbonyl (C=O) groups is 1. The van der Waals surface area contributed by atoms with Crippen molar-refractivity contribution in [2.24, 2.45) is 5.41 Å². The number of nitrogens with one attached hydrogen (secondary N) is 2. The van der Waals surface area contributed by atoms with Crippen LogP contribution in [0.3, 0.4) is 0 Å². The summed E-state index contributed by atoms with van der Waals surface area (Å²) in [5.74, 6) is 0. The number of dihydropyridines is 1. The molecule has 0 aromatic heterocycles. The summed E-state index contributed by atoms with van der Waals surface area (Å²) in [7, 11) is 0. The van der Waals surface area contributed by atoms with Crippen molar-refractivity contribution < 1.29 is 23.1 Å². The second kappa shape index (κ2) is 4.63. The SMILES string of the molecule is CC(C)(C)C1(C(F)(F)F)NC(Cl)=CC=C1NC(=O)O. The molecule has 0 spiro atoms. The second-order valence-corrected chi connectivity index (χ2v) is 5.56. The van der Waals surface area contributed by atoms with E-state index in [1.807, 2.05) is 0 Å². The Balaban J connectivity index is 3.48. The maximum Gasteiger partial charge on any atom is 0.417 e. The van der Waals surface area contributed by atoms with E-state index in [2.05, 4.69) is 5.32 Å². The van der Waals surface area contributed by atoms with E-state index < -0.39 is 28.9 Å². The third-order valence-electron chi connectivity index (χ3n) is 2.90. The number of halogens is 4. The predicted molar refractivity (Wildman–Crippen MR) is 64.6 cm³/mol. The molecule has 0 aliphatic carbocycles. The fraction of sp³-hybridized carbons (Fsp3) is 0.545. The molecule has 1 aliphatic rings. The van der Waals surface area contributed by atoms with Gasteiger partial charge in [-0.25, -0.2) is 4.79 Å². The Morgan fingerprint density at radius 3 is 2.26 bits per heavy atom. The second-order valence-electron chi connectivity index (χ2n) is 5.15. The molecule has 1 heterocycles. The molecule has 0 saturated heterocycles. The number of hydrogen-bond donors (Lipinski definition) is 3. The zero-order valence-electron chi connectivity index (χ0n) is 10.5. The molecular weight excluding hydrogens is 285 g/mol. The van der Waals surface area contributed by atoms with Crippen molar-refractivity contribution in [3.8, 4) is 0 Å². The number of carboxylic acid groups (broad SMARTS) is 1. The number of alkyl halides is 3. The van der Waals surface area contributed by atoms with E-state index in [1.165, 1.54) is 26.8 Å². The van der Waals surface area contributed by atoms with Crippen LogP contribution in [-0.4, -0.2) is 22.9 Å². The average Bonchev–Trinajstić information content (AvgIpc) is 2.16. The van der Waals surface area contributed by atoms with Crippen molar-refractivity contribution in [3.05, 3.63) is 23.0 Å². The van der Waals surface area contributed by atoms with Gasteiger partial charge in [-0.1, -0.05) is 32.4 Å². The van der Waals surface area contributed by atoms with Gasteiger partial charge in [0, 0.05) is 0 Å². The van der Waals surface area contributed by atoms with Crippen molar-refractivity contribution in [1.29, 1.82) is 0 Å². The third-order valence-corrected chi connectivity index (χ3v) is 3.12. The lowest BCUT2D eigenvalue weighted by Gasteiger charge is -2.48. The summed E-state index contributed by atoms with van der Waals surface area (Å²) in [6.07, 6.45) is -4.13. The van der Waals surface area contributed by atoms with E-state index >= 15 is 0 Å². The van der Waals surface area contributed by atoms with Crippen LogP contribution >= 0.6 is 11.6 Å². The van der Waals surface area contributed by atoms with E-state index in [4.69, 9.17) is 16.7 Å². The molecule has 8 heteroatoms. The Hall–Kier alpha value is -1.37. The monoisotopic (exact) mass is 298 g/mol. The fourth-order valence-electron chi connectivity index (χ4n) is 2.06. The summed E-state index contributed by atoms with van der Waals surface area (Å²) in [6.45, 7) is 4.04. The maximum absolute atomic E-state index is 13.5. The van der Waals surface area contributed by atoms with Crippen LogP contribution in [0, 0.1) is 5.41 Å². The van der Waals surface area contributed by atoms with Gasteiger partial charge in [0.1, 0.15) is 5.16 Å². The first-order valence-electron chi connectivity index (χ1n) is 5.34. The maximum atomic E-state index is 13.5. The number of amides is 1. The van der Waals surface area contributed by atoms with E-state index in [0.29, 0.717) is 0 Å². The molecule has 0 bridgehead atoms. The van der Waals surface area contributed by atoms with Crippen LogP contribution in [0.1, 0.15) is 20.8 Å². The molecule has 0 saturated carbocycles. The topological polar surface area (TPSA) is 61.4 Å². The minimum Gasteiger partial charge on any atom is -0.465 e. The van der Waals surface area contributed by atoms with Gasteiger partial charge in [-0.05, 0) is 17.6 Å². The molecule has 0 fully saturated rings. The standard InChI is InChI=1S/C11H14ClF3N2O2/c1-9(2,3)10(11(13,14)15)6(16-8(18)19)4-5-7(12)17-10/h4-5,16-17H,1-3H3,(H,18,19). The number of hydrogen-bond acceptors (Lipinski definition) is 2. The number of rotatable bonds is 1. The Morgan fingerprint density at radius 1 is 1.37 bits per heavy atom. The Morgan fingerprint density at radius 2 is 1.89 bits per heavy atom. The molecule has 1 rings (SSSR count). The Bertz CT molecular complexity index is 436. The minimum atomic E-state index is -4.74. The summed E-state index contributed by atoms with van der Waals surface area (Å²) < 4.78 is 40.6.